The molecule has 80 valence electrons. The number of anilines is 1. The van der Waals surface area contributed by atoms with E-state index in [1.165, 1.54) is 16.6 Å². The first-order chi connectivity index (χ1) is 7.24. The smallest absolute Gasteiger partial charge is 0.0624 e. The van der Waals surface area contributed by atoms with Crippen LogP contribution in [0.15, 0.2) is 30.5 Å². The number of fused-ring (bicyclic) bond motifs is 1. The number of rotatable bonds is 3. The van der Waals surface area contributed by atoms with E-state index in [9.17, 15) is 0 Å². The van der Waals surface area contributed by atoms with E-state index < -0.39 is 0 Å². The minimum absolute atomic E-state index is 0.180. The van der Waals surface area contributed by atoms with Crippen molar-refractivity contribution in [3.05, 3.63) is 30.5 Å². The van der Waals surface area contributed by atoms with Gasteiger partial charge in [-0.15, -0.1) is 0 Å². The second kappa shape index (κ2) is 3.95. The molecule has 1 heterocycles. The van der Waals surface area contributed by atoms with Gasteiger partial charge in [-0.2, -0.15) is 0 Å². The molecule has 2 aromatic rings. The molecule has 1 aromatic carbocycles. The van der Waals surface area contributed by atoms with Crippen LogP contribution in [-0.4, -0.2) is 29.9 Å². The number of benzene rings is 1. The molecule has 2 rings (SSSR count). The predicted molar refractivity (Wildman–Crippen MR) is 63.3 cm³/mol. The number of para-hydroxylation sites is 1. The van der Waals surface area contributed by atoms with Gasteiger partial charge in [-0.05, 0) is 6.07 Å². The van der Waals surface area contributed by atoms with Crippen LogP contribution in [0.1, 0.15) is 0 Å². The number of nitrogens with zero attached hydrogens (tertiary/aromatic N) is 2. The van der Waals surface area contributed by atoms with Crippen LogP contribution in [0.3, 0.4) is 0 Å². The van der Waals surface area contributed by atoms with Crippen LogP contribution in [0.5, 0.6) is 0 Å². The first-order valence-corrected chi connectivity index (χ1v) is 5.10. The molecule has 0 aliphatic rings. The summed E-state index contributed by atoms with van der Waals surface area (Å²) in [6.45, 7) is 0.841. The molecule has 1 aromatic heterocycles. The standard InChI is InChI=1S/C12H16N2O/c1-13(7-8-15)12-9-14(2)11-6-4-3-5-10(11)12/h3-6,9,15H,7-8H2,1-2H3. The lowest BCUT2D eigenvalue weighted by Crippen LogP contribution is -2.20. The van der Waals surface area contributed by atoms with Gasteiger partial charge in [0.05, 0.1) is 12.3 Å². The van der Waals surface area contributed by atoms with Crippen LogP contribution < -0.4 is 4.90 Å². The molecule has 0 unspecified atom stereocenters. The van der Waals surface area contributed by atoms with Gasteiger partial charge < -0.3 is 14.6 Å². The van der Waals surface area contributed by atoms with Gasteiger partial charge in [-0.25, -0.2) is 0 Å². The SMILES string of the molecule is CN(CCO)c1cn(C)c2ccccc12. The van der Waals surface area contributed by atoms with Crippen LogP contribution in [0, 0.1) is 0 Å². The summed E-state index contributed by atoms with van der Waals surface area (Å²) in [5.74, 6) is 0. The molecule has 0 aliphatic heterocycles. The topological polar surface area (TPSA) is 28.4 Å². The molecule has 0 bridgehead atoms. The minimum atomic E-state index is 0.180. The van der Waals surface area contributed by atoms with Gasteiger partial charge in [0.25, 0.3) is 0 Å². The van der Waals surface area contributed by atoms with Crippen molar-refractivity contribution in [2.75, 3.05) is 25.1 Å². The lowest BCUT2D eigenvalue weighted by atomic mass is 10.2. The van der Waals surface area contributed by atoms with Crippen molar-refractivity contribution in [1.82, 2.24) is 4.57 Å². The first-order valence-electron chi connectivity index (χ1n) is 5.10. The van der Waals surface area contributed by atoms with E-state index >= 15 is 0 Å². The largest absolute Gasteiger partial charge is 0.395 e. The van der Waals surface area contributed by atoms with E-state index in [0.717, 1.165) is 0 Å². The molecule has 0 amide bonds. The third-order valence-electron chi connectivity index (χ3n) is 2.72. The maximum absolute atomic E-state index is 8.93. The van der Waals surface area contributed by atoms with Crippen LogP contribution in [0.25, 0.3) is 10.9 Å². The first kappa shape index (κ1) is 10.1. The van der Waals surface area contributed by atoms with Gasteiger partial charge in [0.1, 0.15) is 0 Å². The maximum atomic E-state index is 8.93. The fraction of sp³-hybridized carbons (Fsp3) is 0.333. The Labute approximate surface area is 89.5 Å². The van der Waals surface area contributed by atoms with E-state index in [-0.39, 0.29) is 6.61 Å². The van der Waals surface area contributed by atoms with Crippen LogP contribution in [0.2, 0.25) is 0 Å². The van der Waals surface area contributed by atoms with E-state index in [1.807, 2.05) is 26.2 Å². The van der Waals surface area contributed by atoms with Gasteiger partial charge in [0.15, 0.2) is 0 Å². The molecular weight excluding hydrogens is 188 g/mol. The molecule has 0 radical (unpaired) electrons. The lowest BCUT2D eigenvalue weighted by Gasteiger charge is -2.16. The van der Waals surface area contributed by atoms with Gasteiger partial charge >= 0.3 is 0 Å². The minimum Gasteiger partial charge on any atom is -0.395 e. The molecule has 0 fully saturated rings. The van der Waals surface area contributed by atoms with Crippen molar-refractivity contribution in [3.63, 3.8) is 0 Å². The van der Waals surface area contributed by atoms with Crippen molar-refractivity contribution in [2.24, 2.45) is 7.05 Å². The zero-order chi connectivity index (χ0) is 10.8. The van der Waals surface area contributed by atoms with Gasteiger partial charge in [-0.3, -0.25) is 0 Å². The lowest BCUT2D eigenvalue weighted by molar-refractivity contribution is 0.304. The zero-order valence-electron chi connectivity index (χ0n) is 9.14. The molecule has 0 spiro atoms. The molecule has 0 saturated heterocycles. The van der Waals surface area contributed by atoms with Gasteiger partial charge in [-0.1, -0.05) is 18.2 Å². The quantitative estimate of drug-likeness (QED) is 0.822. The number of aliphatic hydroxyl groups excluding tert-OH is 1. The van der Waals surface area contributed by atoms with Crippen LogP contribution in [0.4, 0.5) is 5.69 Å². The Bertz CT molecular complexity index is 462. The molecule has 1 N–H and O–H groups in total. The molecule has 3 heteroatoms. The van der Waals surface area contributed by atoms with Crippen molar-refractivity contribution >= 4 is 16.6 Å². The summed E-state index contributed by atoms with van der Waals surface area (Å²) in [6, 6.07) is 8.29. The highest BCUT2D eigenvalue weighted by atomic mass is 16.3. The van der Waals surface area contributed by atoms with E-state index in [1.54, 1.807) is 0 Å². The average molecular weight is 204 g/mol. The molecule has 0 atom stereocenters. The second-order valence-corrected chi connectivity index (χ2v) is 3.79. The van der Waals surface area contributed by atoms with Gasteiger partial charge in [0, 0.05) is 37.7 Å². The van der Waals surface area contributed by atoms with Crippen LogP contribution >= 0.6 is 0 Å². The summed E-state index contributed by atoms with van der Waals surface area (Å²) >= 11 is 0. The third kappa shape index (κ3) is 1.70. The predicted octanol–water partition coefficient (Wildman–Crippen LogP) is 1.61. The Morgan fingerprint density at radius 2 is 2.07 bits per heavy atom. The normalized spacial score (nSPS) is 10.9. The molecule has 0 saturated carbocycles. The summed E-state index contributed by atoms with van der Waals surface area (Å²) in [5.41, 5.74) is 2.39. The highest BCUT2D eigenvalue weighted by Gasteiger charge is 2.08. The van der Waals surface area contributed by atoms with Crippen molar-refractivity contribution < 1.29 is 5.11 Å². The Kier molecular flexibility index (Phi) is 2.64. The zero-order valence-corrected chi connectivity index (χ0v) is 9.14. The Morgan fingerprint density at radius 1 is 1.33 bits per heavy atom. The Morgan fingerprint density at radius 3 is 2.80 bits per heavy atom. The Balaban J connectivity index is 2.52. The number of likely N-dealkylation sites (N-methyl/N-ethyl adjacent to an activating group) is 1. The summed E-state index contributed by atoms with van der Waals surface area (Å²) < 4.78 is 2.11. The van der Waals surface area contributed by atoms with E-state index in [4.69, 9.17) is 5.11 Å². The maximum Gasteiger partial charge on any atom is 0.0624 e. The third-order valence-corrected chi connectivity index (χ3v) is 2.72. The number of aromatic nitrogens is 1. The molecular formula is C12H16N2O. The van der Waals surface area contributed by atoms with E-state index in [0.29, 0.717) is 6.54 Å². The molecule has 3 nitrogen and oxygen atoms in total. The van der Waals surface area contributed by atoms with Crippen molar-refractivity contribution in [2.45, 2.75) is 0 Å². The number of hydrogen-bond donors (Lipinski definition) is 1. The van der Waals surface area contributed by atoms with Crippen molar-refractivity contribution in [1.29, 1.82) is 0 Å². The molecule has 0 aliphatic carbocycles. The monoisotopic (exact) mass is 204 g/mol. The van der Waals surface area contributed by atoms with Crippen LogP contribution in [-0.2, 0) is 7.05 Å². The Hall–Kier alpha value is -1.48. The number of aliphatic hydroxyl groups is 1. The summed E-state index contributed by atoms with van der Waals surface area (Å²) in [4.78, 5) is 2.07. The van der Waals surface area contributed by atoms with E-state index in [2.05, 4.69) is 27.8 Å². The summed E-state index contributed by atoms with van der Waals surface area (Å²) in [5, 5.41) is 10.2. The average Bonchev–Trinajstić information content (AvgIpc) is 2.58. The second-order valence-electron chi connectivity index (χ2n) is 3.79. The highest BCUT2D eigenvalue weighted by molar-refractivity contribution is 5.93. The number of hydrogen-bond acceptors (Lipinski definition) is 2. The summed E-state index contributed by atoms with van der Waals surface area (Å²) in [6.07, 6.45) is 2.10. The van der Waals surface area contributed by atoms with Crippen molar-refractivity contribution in [3.8, 4) is 0 Å². The fourth-order valence-corrected chi connectivity index (χ4v) is 1.89. The fourth-order valence-electron chi connectivity index (χ4n) is 1.89. The molecule has 15 heavy (non-hydrogen) atoms. The number of aryl methyl sites for hydroxylation is 1. The van der Waals surface area contributed by atoms with Gasteiger partial charge in [0.2, 0.25) is 0 Å². The summed E-state index contributed by atoms with van der Waals surface area (Å²) in [7, 11) is 4.04. The highest BCUT2D eigenvalue weighted by Crippen LogP contribution is 2.27.